The molecule has 10 heteroatoms. The van der Waals surface area contributed by atoms with Gasteiger partial charge in [0.2, 0.25) is 0 Å². The maximum Gasteiger partial charge on any atom is 0.269 e. The van der Waals surface area contributed by atoms with Crippen LogP contribution in [-0.2, 0) is 5.75 Å². The van der Waals surface area contributed by atoms with Crippen molar-refractivity contribution in [1.82, 2.24) is 29.1 Å². The van der Waals surface area contributed by atoms with Crippen molar-refractivity contribution in [1.29, 1.82) is 0 Å². The van der Waals surface area contributed by atoms with Crippen molar-refractivity contribution in [2.45, 2.75) is 17.8 Å². The maximum atomic E-state index is 13.2. The number of H-pyrrole nitrogens is 1. The van der Waals surface area contributed by atoms with Crippen LogP contribution in [0.3, 0.4) is 0 Å². The van der Waals surface area contributed by atoms with Crippen molar-refractivity contribution in [2.75, 3.05) is 0 Å². The van der Waals surface area contributed by atoms with Crippen LogP contribution >= 0.6 is 27.7 Å². The lowest BCUT2D eigenvalue weighted by Gasteiger charge is -2.12. The van der Waals surface area contributed by atoms with E-state index in [-0.39, 0.29) is 11.1 Å². The van der Waals surface area contributed by atoms with E-state index >= 15 is 0 Å². The summed E-state index contributed by atoms with van der Waals surface area (Å²) in [7, 11) is 0. The lowest BCUT2D eigenvalue weighted by Crippen LogP contribution is -2.21. The second kappa shape index (κ2) is 7.78. The molecule has 0 atom stereocenters. The molecule has 0 unspecified atom stereocenters. The number of aryl methyl sites for hydroxylation is 1. The summed E-state index contributed by atoms with van der Waals surface area (Å²) in [6.07, 6.45) is 3.17. The number of hydrogen-bond donors (Lipinski definition) is 1. The van der Waals surface area contributed by atoms with Crippen LogP contribution in [0.5, 0.6) is 0 Å². The number of pyridine rings is 1. The Bertz CT molecular complexity index is 1570. The highest BCUT2D eigenvalue weighted by molar-refractivity contribution is 9.10. The normalized spacial score (nSPS) is 11.4. The van der Waals surface area contributed by atoms with Crippen molar-refractivity contribution >= 4 is 44.4 Å². The minimum Gasteiger partial charge on any atom is -0.269 e. The molecule has 4 aromatic heterocycles. The molecule has 1 aromatic carbocycles. The summed E-state index contributed by atoms with van der Waals surface area (Å²) < 4.78 is 3.85. The molecule has 154 valence electrons. The Morgan fingerprint density at radius 1 is 1.13 bits per heavy atom. The summed E-state index contributed by atoms with van der Waals surface area (Å²) in [5.41, 5.74) is 2.96. The van der Waals surface area contributed by atoms with Crippen LogP contribution in [-0.4, -0.2) is 29.1 Å². The van der Waals surface area contributed by atoms with Gasteiger partial charge in [-0.2, -0.15) is 5.10 Å². The van der Waals surface area contributed by atoms with E-state index in [0.717, 1.165) is 15.7 Å². The fourth-order valence-electron chi connectivity index (χ4n) is 3.30. The van der Waals surface area contributed by atoms with Gasteiger partial charge in [-0.25, -0.2) is 9.97 Å². The number of aromatic amines is 1. The minimum absolute atomic E-state index is 0.171. The van der Waals surface area contributed by atoms with Gasteiger partial charge in [-0.05, 0) is 52.7 Å². The van der Waals surface area contributed by atoms with Crippen molar-refractivity contribution in [3.05, 3.63) is 91.3 Å². The fourth-order valence-corrected chi connectivity index (χ4v) is 4.54. The van der Waals surface area contributed by atoms with Crippen molar-refractivity contribution in [3.63, 3.8) is 0 Å². The van der Waals surface area contributed by atoms with Gasteiger partial charge in [0.05, 0.1) is 17.6 Å². The first-order valence-corrected chi connectivity index (χ1v) is 11.1. The number of hydrogen-bond acceptors (Lipinski definition) is 6. The first-order chi connectivity index (χ1) is 15.0. The molecule has 0 spiro atoms. The number of nitrogens with zero attached hydrogens (tertiary/aromatic N) is 5. The summed E-state index contributed by atoms with van der Waals surface area (Å²) in [4.78, 5) is 34.8. The van der Waals surface area contributed by atoms with Gasteiger partial charge in [0.15, 0.2) is 10.8 Å². The van der Waals surface area contributed by atoms with Gasteiger partial charge in [0.25, 0.3) is 11.1 Å². The van der Waals surface area contributed by atoms with Crippen LogP contribution in [0.25, 0.3) is 22.4 Å². The highest BCUT2D eigenvalue weighted by Gasteiger charge is 2.15. The number of benzene rings is 1. The number of thioether (sulfide) groups is 1. The Kier molecular flexibility index (Phi) is 4.95. The molecule has 5 aromatic rings. The molecule has 0 aliphatic heterocycles. The predicted molar refractivity (Wildman–Crippen MR) is 123 cm³/mol. The van der Waals surface area contributed by atoms with E-state index in [1.165, 1.54) is 28.4 Å². The first-order valence-electron chi connectivity index (χ1n) is 9.33. The minimum atomic E-state index is -0.205. The van der Waals surface area contributed by atoms with Gasteiger partial charge in [0, 0.05) is 22.5 Å². The Morgan fingerprint density at radius 3 is 2.84 bits per heavy atom. The average Bonchev–Trinajstić information content (AvgIpc) is 3.22. The van der Waals surface area contributed by atoms with Gasteiger partial charge >= 0.3 is 0 Å². The maximum absolute atomic E-state index is 13.2. The highest BCUT2D eigenvalue weighted by Crippen LogP contribution is 2.24. The molecule has 0 fully saturated rings. The number of aromatic nitrogens is 6. The lowest BCUT2D eigenvalue weighted by molar-refractivity contribution is 0.814. The first kappa shape index (κ1) is 19.7. The Hall–Kier alpha value is -3.24. The molecule has 0 amide bonds. The molecule has 1 N–H and O–H groups in total. The van der Waals surface area contributed by atoms with Crippen LogP contribution in [0, 0.1) is 6.92 Å². The summed E-state index contributed by atoms with van der Waals surface area (Å²) in [5.74, 6) is 0.375. The van der Waals surface area contributed by atoms with Crippen molar-refractivity contribution in [3.8, 4) is 5.69 Å². The van der Waals surface area contributed by atoms with Crippen LogP contribution in [0.1, 0.15) is 11.3 Å². The summed E-state index contributed by atoms with van der Waals surface area (Å²) in [5, 5.41) is 7.63. The molecule has 31 heavy (non-hydrogen) atoms. The van der Waals surface area contributed by atoms with E-state index in [0.29, 0.717) is 33.3 Å². The van der Waals surface area contributed by atoms with Crippen LogP contribution in [0.2, 0.25) is 0 Å². The third-order valence-electron chi connectivity index (χ3n) is 4.74. The molecule has 0 saturated heterocycles. The Balaban J connectivity index is 1.58. The number of rotatable bonds is 4. The van der Waals surface area contributed by atoms with Gasteiger partial charge < -0.3 is 0 Å². The number of fused-ring (bicyclic) bond motifs is 2. The third-order valence-corrected chi connectivity index (χ3v) is 6.18. The standard InChI is InChI=1S/C21H15BrN6O2S/c1-12-3-2-4-15(7-12)28-20(30)16-9-23-26-19(16)25-21(28)31-11-14-8-18(29)27-10-13(22)5-6-17(27)24-14/h2-10H,11H2,1H3,(H,23,26). The van der Waals surface area contributed by atoms with E-state index in [9.17, 15) is 9.59 Å². The number of nitrogens with one attached hydrogen (secondary N) is 1. The van der Waals surface area contributed by atoms with Gasteiger partial charge in [0.1, 0.15) is 11.0 Å². The second-order valence-electron chi connectivity index (χ2n) is 6.96. The third kappa shape index (κ3) is 3.68. The monoisotopic (exact) mass is 494 g/mol. The molecule has 0 bridgehead atoms. The smallest absolute Gasteiger partial charge is 0.269 e. The van der Waals surface area contributed by atoms with Crippen molar-refractivity contribution < 1.29 is 0 Å². The zero-order chi connectivity index (χ0) is 21.5. The molecular formula is C21H15BrN6O2S. The average molecular weight is 495 g/mol. The van der Waals surface area contributed by atoms with Gasteiger partial charge in [-0.1, -0.05) is 23.9 Å². The predicted octanol–water partition coefficient (Wildman–Crippen LogP) is 3.48. The van der Waals surface area contributed by atoms with E-state index in [4.69, 9.17) is 0 Å². The molecule has 0 saturated carbocycles. The molecule has 0 aliphatic rings. The number of halogens is 1. The van der Waals surface area contributed by atoms with Crippen LogP contribution < -0.4 is 11.1 Å². The summed E-state index contributed by atoms with van der Waals surface area (Å²) in [6.45, 7) is 1.97. The molecule has 0 aliphatic carbocycles. The largest absolute Gasteiger partial charge is 0.269 e. The zero-order valence-electron chi connectivity index (χ0n) is 16.2. The van der Waals surface area contributed by atoms with E-state index in [2.05, 4.69) is 36.1 Å². The lowest BCUT2D eigenvalue weighted by atomic mass is 10.2. The van der Waals surface area contributed by atoms with Gasteiger partial charge in [-0.15, -0.1) is 0 Å². The van der Waals surface area contributed by atoms with E-state index in [1.807, 2.05) is 37.3 Å². The Morgan fingerprint density at radius 2 is 2.00 bits per heavy atom. The van der Waals surface area contributed by atoms with Gasteiger partial charge in [-0.3, -0.25) is 23.7 Å². The van der Waals surface area contributed by atoms with Crippen LogP contribution in [0.4, 0.5) is 0 Å². The van der Waals surface area contributed by atoms with Crippen molar-refractivity contribution in [2.24, 2.45) is 0 Å². The topological polar surface area (TPSA) is 97.9 Å². The molecule has 8 nitrogen and oxygen atoms in total. The second-order valence-corrected chi connectivity index (χ2v) is 8.81. The van der Waals surface area contributed by atoms with E-state index < -0.39 is 0 Å². The molecule has 4 heterocycles. The summed E-state index contributed by atoms with van der Waals surface area (Å²) in [6, 6.07) is 12.8. The van der Waals surface area contributed by atoms with E-state index in [1.54, 1.807) is 16.8 Å². The molecule has 0 radical (unpaired) electrons. The van der Waals surface area contributed by atoms with Crippen LogP contribution in [0.15, 0.2) is 74.1 Å². The quantitative estimate of drug-likeness (QED) is 0.303. The SMILES string of the molecule is Cc1cccc(-n2c(SCc3cc(=O)n4cc(Br)ccc4n3)nc3[nH]ncc3c2=O)c1. The molecular weight excluding hydrogens is 480 g/mol. The zero-order valence-corrected chi connectivity index (χ0v) is 18.6. The summed E-state index contributed by atoms with van der Waals surface area (Å²) >= 11 is 4.70. The molecule has 5 rings (SSSR count). The Labute approximate surface area is 188 Å². The fraction of sp³-hybridized carbons (Fsp3) is 0.0952. The highest BCUT2D eigenvalue weighted by atomic mass is 79.9.